The molecule has 2 aromatic heterocycles. The number of benzene rings is 1. The fraction of sp³-hybridized carbons (Fsp3) is 0.300. The molecule has 3 heterocycles. The fourth-order valence-electron chi connectivity index (χ4n) is 3.36. The van der Waals surface area contributed by atoms with Crippen LogP contribution < -0.4 is 0 Å². The van der Waals surface area contributed by atoms with Gasteiger partial charge in [-0.25, -0.2) is 0 Å². The Hall–Kier alpha value is -1.91. The number of nitriles is 1. The molecule has 4 nitrogen and oxygen atoms in total. The monoisotopic (exact) mass is 417 g/mol. The smallest absolute Gasteiger partial charge is 0.264 e. The summed E-state index contributed by atoms with van der Waals surface area (Å²) in [5.74, 6) is 0.159. The first kappa shape index (κ1) is 19.8. The van der Waals surface area contributed by atoms with Gasteiger partial charge in [-0.1, -0.05) is 12.1 Å². The lowest BCUT2D eigenvalue weighted by Crippen LogP contribution is -2.34. The van der Waals surface area contributed by atoms with Gasteiger partial charge in [-0.05, 0) is 41.6 Å². The standard InChI is InChI=1S/C20H19N3OS2.ClH/c21-13-15-3-1-4-16(11-15)14-22-6-2-7-23(9-8-22)20(24)19-12-18-17(26-19)5-10-25-18;/h1,3-5,10-12H,2,6-9,14H2;1H. The van der Waals surface area contributed by atoms with Gasteiger partial charge in [0.2, 0.25) is 0 Å². The number of rotatable bonds is 3. The van der Waals surface area contributed by atoms with Crippen molar-refractivity contribution >= 4 is 50.4 Å². The first-order valence-electron chi connectivity index (χ1n) is 8.70. The summed E-state index contributed by atoms with van der Waals surface area (Å²) in [6, 6.07) is 14.1. The first-order chi connectivity index (χ1) is 12.7. The van der Waals surface area contributed by atoms with Crippen LogP contribution in [0.1, 0.15) is 27.2 Å². The number of hydrogen-bond acceptors (Lipinski definition) is 5. The maximum absolute atomic E-state index is 12.9. The molecule has 1 aromatic carbocycles. The predicted molar refractivity (Wildman–Crippen MR) is 114 cm³/mol. The number of fused-ring (bicyclic) bond motifs is 1. The van der Waals surface area contributed by atoms with Crippen LogP contribution in [0.5, 0.6) is 0 Å². The van der Waals surface area contributed by atoms with Crippen LogP contribution in [-0.4, -0.2) is 41.9 Å². The molecule has 0 N–H and O–H groups in total. The second-order valence-electron chi connectivity index (χ2n) is 6.49. The molecule has 0 unspecified atom stereocenters. The summed E-state index contributed by atoms with van der Waals surface area (Å²) >= 11 is 3.28. The highest BCUT2D eigenvalue weighted by molar-refractivity contribution is 7.27. The van der Waals surface area contributed by atoms with Gasteiger partial charge in [-0.3, -0.25) is 9.69 Å². The average molecular weight is 418 g/mol. The zero-order valence-corrected chi connectivity index (χ0v) is 17.2. The molecule has 7 heteroatoms. The highest BCUT2D eigenvalue weighted by Crippen LogP contribution is 2.30. The molecule has 0 radical (unpaired) electrons. The summed E-state index contributed by atoms with van der Waals surface area (Å²) in [5, 5.41) is 11.1. The van der Waals surface area contributed by atoms with Crippen molar-refractivity contribution in [3.63, 3.8) is 0 Å². The average Bonchev–Trinajstić information content (AvgIpc) is 3.18. The van der Waals surface area contributed by atoms with Crippen molar-refractivity contribution in [2.45, 2.75) is 13.0 Å². The zero-order chi connectivity index (χ0) is 17.9. The quantitative estimate of drug-likeness (QED) is 0.625. The van der Waals surface area contributed by atoms with E-state index in [4.69, 9.17) is 5.26 Å². The molecule has 1 aliphatic heterocycles. The number of carbonyl (C=O) groups excluding carboxylic acids is 1. The van der Waals surface area contributed by atoms with E-state index in [0.717, 1.165) is 49.6 Å². The molecule has 0 saturated carbocycles. The molecule has 3 aromatic rings. The lowest BCUT2D eigenvalue weighted by Gasteiger charge is -2.21. The Kier molecular flexibility index (Phi) is 6.51. The highest BCUT2D eigenvalue weighted by Gasteiger charge is 2.22. The van der Waals surface area contributed by atoms with Crippen LogP contribution in [-0.2, 0) is 6.54 Å². The lowest BCUT2D eigenvalue weighted by atomic mass is 10.1. The Labute approximate surface area is 173 Å². The summed E-state index contributed by atoms with van der Waals surface area (Å²) < 4.78 is 2.40. The van der Waals surface area contributed by atoms with E-state index >= 15 is 0 Å². The molecular weight excluding hydrogens is 398 g/mol. The molecule has 140 valence electrons. The Morgan fingerprint density at radius 2 is 2.00 bits per heavy atom. The van der Waals surface area contributed by atoms with Gasteiger partial charge in [0.1, 0.15) is 0 Å². The van der Waals surface area contributed by atoms with E-state index in [0.29, 0.717) is 5.56 Å². The molecular formula is C20H20ClN3OS2. The molecule has 0 bridgehead atoms. The molecule has 1 amide bonds. The first-order valence-corrected chi connectivity index (χ1v) is 10.4. The molecule has 4 rings (SSSR count). The Morgan fingerprint density at radius 3 is 2.81 bits per heavy atom. The van der Waals surface area contributed by atoms with Crippen molar-refractivity contribution < 1.29 is 4.79 Å². The summed E-state index contributed by atoms with van der Waals surface area (Å²) in [7, 11) is 0. The Balaban J connectivity index is 0.00000210. The van der Waals surface area contributed by atoms with Gasteiger partial charge in [0, 0.05) is 42.1 Å². The maximum atomic E-state index is 12.9. The zero-order valence-electron chi connectivity index (χ0n) is 14.8. The minimum absolute atomic E-state index is 0. The minimum atomic E-state index is 0. The molecule has 1 aliphatic rings. The predicted octanol–water partition coefficient (Wildman–Crippen LogP) is 4.60. The van der Waals surface area contributed by atoms with Crippen LogP contribution in [0.2, 0.25) is 0 Å². The van der Waals surface area contributed by atoms with Crippen molar-refractivity contribution in [2.24, 2.45) is 0 Å². The molecule has 0 atom stereocenters. The number of carbonyl (C=O) groups is 1. The summed E-state index contributed by atoms with van der Waals surface area (Å²) in [5.41, 5.74) is 1.86. The van der Waals surface area contributed by atoms with E-state index < -0.39 is 0 Å². The van der Waals surface area contributed by atoms with E-state index in [9.17, 15) is 4.79 Å². The third-order valence-electron chi connectivity index (χ3n) is 4.69. The second-order valence-corrected chi connectivity index (χ2v) is 8.53. The number of nitrogens with zero attached hydrogens (tertiary/aromatic N) is 3. The molecule has 0 aliphatic carbocycles. The van der Waals surface area contributed by atoms with Gasteiger partial charge in [-0.15, -0.1) is 35.1 Å². The molecule has 0 spiro atoms. The van der Waals surface area contributed by atoms with Crippen LogP contribution in [0, 0.1) is 11.3 Å². The fourth-order valence-corrected chi connectivity index (χ4v) is 5.43. The van der Waals surface area contributed by atoms with Crippen molar-refractivity contribution in [1.82, 2.24) is 9.80 Å². The van der Waals surface area contributed by atoms with Crippen LogP contribution in [0.4, 0.5) is 0 Å². The third-order valence-corrected chi connectivity index (χ3v) is 6.77. The van der Waals surface area contributed by atoms with Crippen LogP contribution in [0.3, 0.4) is 0 Å². The topological polar surface area (TPSA) is 47.3 Å². The largest absolute Gasteiger partial charge is 0.337 e. The molecule has 1 fully saturated rings. The van der Waals surface area contributed by atoms with E-state index in [1.54, 1.807) is 22.7 Å². The van der Waals surface area contributed by atoms with Gasteiger partial charge < -0.3 is 4.90 Å². The van der Waals surface area contributed by atoms with Crippen LogP contribution >= 0.6 is 35.1 Å². The normalized spacial score (nSPS) is 15.1. The van der Waals surface area contributed by atoms with E-state index in [1.165, 1.54) is 9.40 Å². The van der Waals surface area contributed by atoms with Crippen LogP contribution in [0.15, 0.2) is 41.8 Å². The van der Waals surface area contributed by atoms with Crippen molar-refractivity contribution in [2.75, 3.05) is 26.2 Å². The van der Waals surface area contributed by atoms with E-state index in [-0.39, 0.29) is 18.3 Å². The lowest BCUT2D eigenvalue weighted by molar-refractivity contribution is 0.0766. The van der Waals surface area contributed by atoms with Gasteiger partial charge in [-0.2, -0.15) is 5.26 Å². The van der Waals surface area contributed by atoms with Gasteiger partial charge in [0.15, 0.2) is 0 Å². The summed E-state index contributed by atoms with van der Waals surface area (Å²) in [6.45, 7) is 4.22. The third kappa shape index (κ3) is 4.50. The minimum Gasteiger partial charge on any atom is -0.337 e. The number of thiophene rings is 2. The SMILES string of the molecule is Cl.N#Cc1cccc(CN2CCCN(C(=O)c3cc4sccc4s3)CC2)c1. The summed E-state index contributed by atoms with van der Waals surface area (Å²) in [6.07, 6.45) is 0.976. The van der Waals surface area contributed by atoms with Gasteiger partial charge >= 0.3 is 0 Å². The number of amides is 1. The Morgan fingerprint density at radius 1 is 1.11 bits per heavy atom. The van der Waals surface area contributed by atoms with Crippen LogP contribution in [0.25, 0.3) is 9.40 Å². The van der Waals surface area contributed by atoms with Crippen molar-refractivity contribution in [3.05, 3.63) is 57.8 Å². The second kappa shape index (κ2) is 8.85. The van der Waals surface area contributed by atoms with Gasteiger partial charge in [0.05, 0.1) is 16.5 Å². The van der Waals surface area contributed by atoms with Crippen molar-refractivity contribution in [3.8, 4) is 6.07 Å². The van der Waals surface area contributed by atoms with Crippen molar-refractivity contribution in [1.29, 1.82) is 5.26 Å². The molecule has 27 heavy (non-hydrogen) atoms. The number of hydrogen-bond donors (Lipinski definition) is 0. The highest BCUT2D eigenvalue weighted by atomic mass is 35.5. The van der Waals surface area contributed by atoms with E-state index in [2.05, 4.69) is 28.5 Å². The van der Waals surface area contributed by atoms with E-state index in [1.807, 2.05) is 29.2 Å². The van der Waals surface area contributed by atoms with Gasteiger partial charge in [0.25, 0.3) is 5.91 Å². The Bertz CT molecular complexity index is 946. The maximum Gasteiger partial charge on any atom is 0.264 e. The number of halogens is 1. The molecule has 1 saturated heterocycles. The summed E-state index contributed by atoms with van der Waals surface area (Å²) in [4.78, 5) is 18.1.